The van der Waals surface area contributed by atoms with Gasteiger partial charge in [-0.2, -0.15) is 0 Å². The highest BCUT2D eigenvalue weighted by atomic mass is 32.2. The molecule has 0 rings (SSSR count). The summed E-state index contributed by atoms with van der Waals surface area (Å²) in [6.45, 7) is 1.39. The van der Waals surface area contributed by atoms with E-state index < -0.39 is 17.0 Å². The minimum Gasteiger partial charge on any atom is -0.359 e. The van der Waals surface area contributed by atoms with Crippen molar-refractivity contribution in [2.24, 2.45) is 5.92 Å². The van der Waals surface area contributed by atoms with Gasteiger partial charge in [0.05, 0.1) is 11.7 Å². The third-order valence-electron chi connectivity index (χ3n) is 1.56. The fraction of sp³-hybridized carbons (Fsp3) is 0.714. The number of nitrogens with one attached hydrogen (secondary N) is 2. The predicted molar refractivity (Wildman–Crippen MR) is 51.9 cm³/mol. The van der Waals surface area contributed by atoms with Crippen LogP contribution in [0.15, 0.2) is 0 Å². The largest absolute Gasteiger partial charge is 0.359 e. The molecule has 0 saturated carbocycles. The van der Waals surface area contributed by atoms with Gasteiger partial charge in [0.1, 0.15) is 0 Å². The van der Waals surface area contributed by atoms with Gasteiger partial charge in [-0.15, -0.1) is 0 Å². The zero-order valence-corrected chi connectivity index (χ0v) is 8.89. The van der Waals surface area contributed by atoms with E-state index >= 15 is 0 Å². The SMILES string of the molecule is CNC(=O)[C@@H](CNC(C)=O)CS(=O)O. The molecular weight excluding hydrogens is 208 g/mol. The van der Waals surface area contributed by atoms with Gasteiger partial charge in [0.15, 0.2) is 11.1 Å². The molecule has 0 aromatic heterocycles. The molecule has 7 heteroatoms. The van der Waals surface area contributed by atoms with Gasteiger partial charge >= 0.3 is 0 Å². The Labute approximate surface area is 84.7 Å². The van der Waals surface area contributed by atoms with E-state index in [4.69, 9.17) is 4.55 Å². The van der Waals surface area contributed by atoms with Crippen molar-refractivity contribution in [2.75, 3.05) is 19.3 Å². The van der Waals surface area contributed by atoms with Crippen LogP contribution in [0.25, 0.3) is 0 Å². The molecule has 14 heavy (non-hydrogen) atoms. The molecule has 0 aliphatic rings. The first-order valence-corrected chi connectivity index (χ1v) is 5.28. The van der Waals surface area contributed by atoms with Crippen LogP contribution in [0.3, 0.4) is 0 Å². The van der Waals surface area contributed by atoms with Crippen molar-refractivity contribution < 1.29 is 18.4 Å². The van der Waals surface area contributed by atoms with Crippen LogP contribution in [0, 0.1) is 5.92 Å². The second-order valence-electron chi connectivity index (χ2n) is 2.74. The zero-order valence-electron chi connectivity index (χ0n) is 8.07. The zero-order chi connectivity index (χ0) is 11.1. The summed E-state index contributed by atoms with van der Waals surface area (Å²) in [5.74, 6) is -1.49. The minimum absolute atomic E-state index is 0.0707. The van der Waals surface area contributed by atoms with E-state index in [1.807, 2.05) is 0 Å². The average molecular weight is 222 g/mol. The van der Waals surface area contributed by atoms with Gasteiger partial charge in [-0.25, -0.2) is 4.21 Å². The first kappa shape index (κ1) is 13.1. The molecule has 0 radical (unpaired) electrons. The third-order valence-corrected chi connectivity index (χ3v) is 2.25. The molecule has 0 aliphatic carbocycles. The summed E-state index contributed by atoms with van der Waals surface area (Å²) in [5, 5.41) is 4.78. The monoisotopic (exact) mass is 222 g/mol. The molecule has 0 spiro atoms. The lowest BCUT2D eigenvalue weighted by atomic mass is 10.1. The second kappa shape index (κ2) is 6.50. The quantitative estimate of drug-likeness (QED) is 0.504. The van der Waals surface area contributed by atoms with E-state index in [1.165, 1.54) is 14.0 Å². The van der Waals surface area contributed by atoms with Crippen molar-refractivity contribution in [3.63, 3.8) is 0 Å². The standard InChI is InChI=1S/C7H14N2O4S/c1-5(10)9-3-6(4-14(12)13)7(11)8-2/h6H,3-4H2,1-2H3,(H,8,11)(H,9,10)(H,12,13)/t6-/m0/s1. The Balaban J connectivity index is 4.17. The van der Waals surface area contributed by atoms with Gasteiger partial charge in [0.25, 0.3) is 0 Å². The van der Waals surface area contributed by atoms with Crippen molar-refractivity contribution in [3.8, 4) is 0 Å². The number of hydrogen-bond donors (Lipinski definition) is 3. The van der Waals surface area contributed by atoms with Gasteiger partial charge in [0, 0.05) is 20.5 Å². The summed E-state index contributed by atoms with van der Waals surface area (Å²) < 4.78 is 19.1. The molecule has 0 aromatic rings. The fourth-order valence-corrected chi connectivity index (χ4v) is 1.48. The molecule has 2 amide bonds. The molecule has 0 aliphatic heterocycles. The minimum atomic E-state index is -2.04. The van der Waals surface area contributed by atoms with Crippen LogP contribution in [-0.4, -0.2) is 39.9 Å². The van der Waals surface area contributed by atoms with Gasteiger partial charge in [0.2, 0.25) is 11.8 Å². The Morgan fingerprint density at radius 1 is 1.50 bits per heavy atom. The molecule has 0 fully saturated rings. The molecule has 0 saturated heterocycles. The van der Waals surface area contributed by atoms with Crippen LogP contribution >= 0.6 is 0 Å². The van der Waals surface area contributed by atoms with Crippen LogP contribution in [-0.2, 0) is 20.7 Å². The van der Waals surface area contributed by atoms with Crippen molar-refractivity contribution in [3.05, 3.63) is 0 Å². The molecule has 0 aromatic carbocycles. The van der Waals surface area contributed by atoms with E-state index in [0.717, 1.165) is 0 Å². The van der Waals surface area contributed by atoms with Gasteiger partial charge in [-0.3, -0.25) is 9.59 Å². The highest BCUT2D eigenvalue weighted by molar-refractivity contribution is 7.79. The Bertz CT molecular complexity index is 244. The molecule has 6 nitrogen and oxygen atoms in total. The Kier molecular flexibility index (Phi) is 6.06. The van der Waals surface area contributed by atoms with E-state index in [2.05, 4.69) is 10.6 Å². The average Bonchev–Trinajstić information content (AvgIpc) is 2.10. The van der Waals surface area contributed by atoms with Crippen molar-refractivity contribution >= 4 is 22.9 Å². The van der Waals surface area contributed by atoms with E-state index in [0.29, 0.717) is 0 Å². The molecule has 1 unspecified atom stereocenters. The van der Waals surface area contributed by atoms with E-state index in [-0.39, 0.29) is 24.1 Å². The van der Waals surface area contributed by atoms with Crippen molar-refractivity contribution in [1.29, 1.82) is 0 Å². The molecular formula is C7H14N2O4S. The smallest absolute Gasteiger partial charge is 0.225 e. The number of amides is 2. The molecule has 0 heterocycles. The van der Waals surface area contributed by atoms with Gasteiger partial charge in [-0.1, -0.05) is 0 Å². The van der Waals surface area contributed by atoms with Crippen LogP contribution in [0.5, 0.6) is 0 Å². The third kappa shape index (κ3) is 5.65. The van der Waals surface area contributed by atoms with Crippen LogP contribution < -0.4 is 10.6 Å². The highest BCUT2D eigenvalue weighted by Gasteiger charge is 2.19. The lowest BCUT2D eigenvalue weighted by Gasteiger charge is -2.13. The number of rotatable bonds is 5. The number of hydrogen-bond acceptors (Lipinski definition) is 3. The molecule has 3 N–H and O–H groups in total. The number of carbonyl (C=O) groups is 2. The Morgan fingerprint density at radius 2 is 2.07 bits per heavy atom. The Hall–Kier alpha value is -0.950. The predicted octanol–water partition coefficient (Wildman–Crippen LogP) is -1.29. The maximum absolute atomic E-state index is 11.2. The van der Waals surface area contributed by atoms with Gasteiger partial charge < -0.3 is 15.2 Å². The summed E-state index contributed by atoms with van der Waals surface area (Å²) in [6.07, 6.45) is 0. The van der Waals surface area contributed by atoms with E-state index in [9.17, 15) is 13.8 Å². The summed E-state index contributed by atoms with van der Waals surface area (Å²) in [4.78, 5) is 21.7. The summed E-state index contributed by atoms with van der Waals surface area (Å²) >= 11 is -2.04. The Morgan fingerprint density at radius 3 is 2.43 bits per heavy atom. The first-order valence-electron chi connectivity index (χ1n) is 4.00. The van der Waals surface area contributed by atoms with E-state index in [1.54, 1.807) is 0 Å². The van der Waals surface area contributed by atoms with Crippen LogP contribution in [0.1, 0.15) is 6.92 Å². The molecule has 2 atom stereocenters. The topological polar surface area (TPSA) is 95.5 Å². The molecule has 82 valence electrons. The number of carbonyl (C=O) groups excluding carboxylic acids is 2. The lowest BCUT2D eigenvalue weighted by Crippen LogP contribution is -2.39. The maximum atomic E-state index is 11.2. The second-order valence-corrected chi connectivity index (χ2v) is 3.71. The maximum Gasteiger partial charge on any atom is 0.225 e. The highest BCUT2D eigenvalue weighted by Crippen LogP contribution is 1.97. The van der Waals surface area contributed by atoms with Crippen molar-refractivity contribution in [2.45, 2.75) is 6.92 Å². The van der Waals surface area contributed by atoms with Crippen LogP contribution in [0.2, 0.25) is 0 Å². The summed E-state index contributed by atoms with van der Waals surface area (Å²) in [7, 11) is 1.43. The van der Waals surface area contributed by atoms with Crippen LogP contribution in [0.4, 0.5) is 0 Å². The summed E-state index contributed by atoms with van der Waals surface area (Å²) in [6, 6.07) is 0. The fourth-order valence-electron chi connectivity index (χ4n) is 0.870. The lowest BCUT2D eigenvalue weighted by molar-refractivity contribution is -0.124. The van der Waals surface area contributed by atoms with Gasteiger partial charge in [-0.05, 0) is 0 Å². The first-order chi connectivity index (χ1) is 6.47. The normalized spacial score (nSPS) is 14.2. The molecule has 0 bridgehead atoms. The summed E-state index contributed by atoms with van der Waals surface area (Å²) in [5.41, 5.74) is 0. The van der Waals surface area contributed by atoms with Crippen molar-refractivity contribution in [1.82, 2.24) is 10.6 Å².